The van der Waals surface area contributed by atoms with Gasteiger partial charge in [0, 0.05) is 5.57 Å². The Hall–Kier alpha value is -1.64. The maximum Gasteiger partial charge on any atom is 0.256 e. The molecule has 0 N–H and O–H groups in total. The maximum absolute atomic E-state index is 11.2. The van der Waals surface area contributed by atoms with Gasteiger partial charge in [-0.3, -0.25) is 10.1 Å². The molecule has 0 radical (unpaired) electrons. The van der Waals surface area contributed by atoms with Gasteiger partial charge < -0.3 is 0 Å². The highest BCUT2D eigenvalue weighted by atomic mass is 16.6. The first kappa shape index (κ1) is 9.58. The van der Waals surface area contributed by atoms with E-state index in [9.17, 15) is 10.1 Å². The number of fused-ring (bicyclic) bond motifs is 3. The normalized spacial score (nSPS) is 31.1. The Kier molecular flexibility index (Phi) is 2.06. The molecule has 1 fully saturated rings. The molecule has 0 saturated heterocycles. The molecule has 0 aromatic heterocycles. The Bertz CT molecular complexity index is 468. The third kappa shape index (κ3) is 1.35. The molecule has 1 saturated carbocycles. The molecule has 3 nitrogen and oxygen atoms in total. The molecule has 0 heterocycles. The summed E-state index contributed by atoms with van der Waals surface area (Å²) < 4.78 is 0. The molecule has 0 aromatic carbocycles. The third-order valence-corrected chi connectivity index (χ3v) is 3.64. The van der Waals surface area contributed by atoms with Gasteiger partial charge in [0.1, 0.15) is 0 Å². The second kappa shape index (κ2) is 3.44. The largest absolute Gasteiger partial charge is 0.259 e. The number of rotatable bonds is 1. The Morgan fingerprint density at radius 2 is 2.06 bits per heavy atom. The van der Waals surface area contributed by atoms with Crippen LogP contribution in [0.25, 0.3) is 0 Å². The quantitative estimate of drug-likeness (QED) is 0.498. The molecule has 82 valence electrons. The summed E-state index contributed by atoms with van der Waals surface area (Å²) in [5, 5.41) is 11.2. The lowest BCUT2D eigenvalue weighted by Crippen LogP contribution is -2.16. The van der Waals surface area contributed by atoms with E-state index in [-0.39, 0.29) is 10.8 Å². The predicted octanol–water partition coefficient (Wildman–Crippen LogP) is 3.00. The smallest absolute Gasteiger partial charge is 0.256 e. The molecule has 0 aromatic rings. The van der Waals surface area contributed by atoms with Crippen molar-refractivity contribution < 1.29 is 4.92 Å². The Morgan fingerprint density at radius 1 is 1.25 bits per heavy atom. The van der Waals surface area contributed by atoms with E-state index in [0.717, 1.165) is 24.8 Å². The molecule has 3 aliphatic carbocycles. The monoisotopic (exact) mass is 215 g/mol. The van der Waals surface area contributed by atoms with Gasteiger partial charge in [-0.05, 0) is 30.8 Å². The highest BCUT2D eigenvalue weighted by Crippen LogP contribution is 2.44. The van der Waals surface area contributed by atoms with E-state index in [1.807, 2.05) is 18.2 Å². The number of nitro groups is 1. The van der Waals surface area contributed by atoms with Gasteiger partial charge in [-0.15, -0.1) is 0 Å². The van der Waals surface area contributed by atoms with Crippen molar-refractivity contribution in [3.8, 4) is 0 Å². The molecule has 0 aliphatic heterocycles. The molecule has 16 heavy (non-hydrogen) atoms. The minimum Gasteiger partial charge on any atom is -0.259 e. The Balaban J connectivity index is 2.11. The van der Waals surface area contributed by atoms with Gasteiger partial charge in [-0.1, -0.05) is 30.4 Å². The molecule has 0 spiro atoms. The van der Waals surface area contributed by atoms with Crippen LogP contribution in [0.3, 0.4) is 0 Å². The second-order valence-corrected chi connectivity index (χ2v) is 4.59. The van der Waals surface area contributed by atoms with Crippen molar-refractivity contribution in [1.29, 1.82) is 0 Å². The van der Waals surface area contributed by atoms with Crippen molar-refractivity contribution in [2.45, 2.75) is 19.3 Å². The summed E-state index contributed by atoms with van der Waals surface area (Å²) in [5.74, 6) is 0.349. The molecule has 2 unspecified atom stereocenters. The van der Waals surface area contributed by atoms with Crippen molar-refractivity contribution in [3.05, 3.63) is 57.3 Å². The summed E-state index contributed by atoms with van der Waals surface area (Å²) in [6.07, 6.45) is 13.0. The lowest BCUT2D eigenvalue weighted by atomic mass is 9.82. The average molecular weight is 215 g/mol. The van der Waals surface area contributed by atoms with Gasteiger partial charge in [0.25, 0.3) is 5.70 Å². The fourth-order valence-electron chi connectivity index (χ4n) is 2.78. The molecular formula is C13H13NO2. The summed E-state index contributed by atoms with van der Waals surface area (Å²) >= 11 is 0. The van der Waals surface area contributed by atoms with E-state index in [2.05, 4.69) is 12.2 Å². The Labute approximate surface area is 94.0 Å². The highest BCUT2D eigenvalue weighted by Gasteiger charge is 2.36. The van der Waals surface area contributed by atoms with E-state index in [4.69, 9.17) is 0 Å². The fourth-order valence-corrected chi connectivity index (χ4v) is 2.78. The van der Waals surface area contributed by atoms with Gasteiger partial charge in [-0.25, -0.2) is 0 Å². The lowest BCUT2D eigenvalue weighted by Gasteiger charge is -2.21. The van der Waals surface area contributed by atoms with E-state index in [1.165, 1.54) is 5.57 Å². The summed E-state index contributed by atoms with van der Waals surface area (Å²) in [7, 11) is 0. The zero-order valence-corrected chi connectivity index (χ0v) is 8.93. The minimum atomic E-state index is -0.176. The highest BCUT2D eigenvalue weighted by molar-refractivity contribution is 5.45. The summed E-state index contributed by atoms with van der Waals surface area (Å²) in [5.41, 5.74) is 2.65. The fraction of sp³-hybridized carbons (Fsp3) is 0.385. The number of hydrogen-bond donors (Lipinski definition) is 0. The number of hydrogen-bond acceptors (Lipinski definition) is 2. The van der Waals surface area contributed by atoms with Crippen LogP contribution in [0.4, 0.5) is 0 Å². The summed E-state index contributed by atoms with van der Waals surface area (Å²) in [6, 6.07) is 0. The van der Waals surface area contributed by atoms with Crippen LogP contribution in [0, 0.1) is 22.0 Å². The molecule has 2 atom stereocenters. The zero-order valence-electron chi connectivity index (χ0n) is 8.93. The summed E-state index contributed by atoms with van der Waals surface area (Å²) in [6.45, 7) is 0. The van der Waals surface area contributed by atoms with Crippen molar-refractivity contribution in [3.63, 3.8) is 0 Å². The van der Waals surface area contributed by atoms with Crippen LogP contribution >= 0.6 is 0 Å². The first-order valence-corrected chi connectivity index (χ1v) is 5.69. The average Bonchev–Trinajstić information content (AvgIpc) is 2.49. The van der Waals surface area contributed by atoms with Crippen molar-refractivity contribution >= 4 is 0 Å². The number of allylic oxidation sites excluding steroid dienone is 7. The molecule has 3 heteroatoms. The van der Waals surface area contributed by atoms with Crippen LogP contribution < -0.4 is 0 Å². The van der Waals surface area contributed by atoms with Gasteiger partial charge in [0.2, 0.25) is 0 Å². The standard InChI is InChI=1S/C13H13NO2/c15-14(16)13-11-4-2-1-3-9(8-11)7-10-5-6-12(10)13/h1-4,7,9,11H,5-6,8H2. The molecular weight excluding hydrogens is 202 g/mol. The van der Waals surface area contributed by atoms with E-state index in [0.29, 0.717) is 11.6 Å². The van der Waals surface area contributed by atoms with Gasteiger partial charge in [0.05, 0.1) is 10.8 Å². The molecule has 0 amide bonds. The molecule has 2 bridgehead atoms. The Morgan fingerprint density at radius 3 is 2.75 bits per heavy atom. The molecule has 3 rings (SSSR count). The van der Waals surface area contributed by atoms with Gasteiger partial charge >= 0.3 is 0 Å². The first-order chi connectivity index (χ1) is 7.75. The van der Waals surface area contributed by atoms with Crippen LogP contribution in [0.2, 0.25) is 0 Å². The van der Waals surface area contributed by atoms with Gasteiger partial charge in [-0.2, -0.15) is 0 Å². The third-order valence-electron chi connectivity index (χ3n) is 3.64. The summed E-state index contributed by atoms with van der Waals surface area (Å²) in [4.78, 5) is 11.0. The zero-order chi connectivity index (χ0) is 11.1. The van der Waals surface area contributed by atoms with Crippen LogP contribution in [0.15, 0.2) is 47.2 Å². The second-order valence-electron chi connectivity index (χ2n) is 4.59. The molecule has 3 aliphatic rings. The van der Waals surface area contributed by atoms with E-state index in [1.54, 1.807) is 0 Å². The topological polar surface area (TPSA) is 43.1 Å². The predicted molar refractivity (Wildman–Crippen MR) is 61.2 cm³/mol. The van der Waals surface area contributed by atoms with Crippen LogP contribution in [-0.2, 0) is 0 Å². The van der Waals surface area contributed by atoms with Crippen molar-refractivity contribution in [1.82, 2.24) is 0 Å². The van der Waals surface area contributed by atoms with E-state index >= 15 is 0 Å². The lowest BCUT2D eigenvalue weighted by molar-refractivity contribution is -0.433. The van der Waals surface area contributed by atoms with Crippen LogP contribution in [-0.4, -0.2) is 4.92 Å². The van der Waals surface area contributed by atoms with E-state index < -0.39 is 0 Å². The minimum absolute atomic E-state index is 0.0148. The van der Waals surface area contributed by atoms with Crippen molar-refractivity contribution in [2.75, 3.05) is 0 Å². The first-order valence-electron chi connectivity index (χ1n) is 5.69. The van der Waals surface area contributed by atoms with Gasteiger partial charge in [0.15, 0.2) is 0 Å². The maximum atomic E-state index is 11.2. The van der Waals surface area contributed by atoms with Crippen LogP contribution in [0.5, 0.6) is 0 Å². The number of nitrogens with zero attached hydrogens (tertiary/aromatic N) is 1. The van der Waals surface area contributed by atoms with Crippen molar-refractivity contribution in [2.24, 2.45) is 11.8 Å². The van der Waals surface area contributed by atoms with Crippen LogP contribution in [0.1, 0.15) is 19.3 Å². The SMILES string of the molecule is O=[N+]([O-])C1=C2CCC2=CC2C=CC=CC1C2.